The van der Waals surface area contributed by atoms with Gasteiger partial charge in [0.2, 0.25) is 5.95 Å². The van der Waals surface area contributed by atoms with Gasteiger partial charge in [0.25, 0.3) is 0 Å². The van der Waals surface area contributed by atoms with Gasteiger partial charge in [-0.3, -0.25) is 0 Å². The van der Waals surface area contributed by atoms with Gasteiger partial charge in [-0.25, -0.2) is 9.97 Å². The number of nitrogens with one attached hydrogen (secondary N) is 1. The van der Waals surface area contributed by atoms with E-state index < -0.39 is 0 Å². The van der Waals surface area contributed by atoms with Crippen LogP contribution >= 0.6 is 0 Å². The van der Waals surface area contributed by atoms with E-state index in [4.69, 9.17) is 4.52 Å². The summed E-state index contributed by atoms with van der Waals surface area (Å²) in [6.45, 7) is 2.00. The molecule has 2 heterocycles. The summed E-state index contributed by atoms with van der Waals surface area (Å²) in [6, 6.07) is 2.21. The van der Waals surface area contributed by atoms with Crippen molar-refractivity contribution >= 4 is 5.95 Å². The number of aryl methyl sites for hydroxylation is 1. The Labute approximate surface area is 141 Å². The van der Waals surface area contributed by atoms with E-state index >= 15 is 0 Å². The van der Waals surface area contributed by atoms with Gasteiger partial charge in [-0.2, -0.15) is 0 Å². The van der Waals surface area contributed by atoms with Gasteiger partial charge >= 0.3 is 0 Å². The molecule has 0 aromatic carbocycles. The molecule has 6 nitrogen and oxygen atoms in total. The van der Waals surface area contributed by atoms with Gasteiger partial charge < -0.3 is 14.9 Å². The van der Waals surface area contributed by atoms with Crippen molar-refractivity contribution in [2.45, 2.75) is 64.0 Å². The molecule has 2 saturated carbocycles. The molecule has 2 aliphatic carbocycles. The molecule has 2 aromatic heterocycles. The van der Waals surface area contributed by atoms with Crippen LogP contribution in [0.3, 0.4) is 0 Å². The van der Waals surface area contributed by atoms with Gasteiger partial charge in [-0.15, -0.1) is 0 Å². The highest BCUT2D eigenvalue weighted by Crippen LogP contribution is 2.36. The van der Waals surface area contributed by atoms with E-state index in [1.807, 2.05) is 13.0 Å². The lowest BCUT2D eigenvalue weighted by atomic mass is 9.93. The van der Waals surface area contributed by atoms with Crippen LogP contribution < -0.4 is 5.32 Å². The van der Waals surface area contributed by atoms with Crippen LogP contribution in [0.15, 0.2) is 16.8 Å². The summed E-state index contributed by atoms with van der Waals surface area (Å²) < 4.78 is 5.57. The van der Waals surface area contributed by atoms with Crippen LogP contribution in [0.25, 0.3) is 11.5 Å². The minimum Gasteiger partial charge on any atom is -0.393 e. The molecule has 24 heavy (non-hydrogen) atoms. The minimum atomic E-state index is -0.155. The Morgan fingerprint density at radius 1 is 1.21 bits per heavy atom. The topological polar surface area (TPSA) is 84.1 Å². The molecule has 6 heteroatoms. The Morgan fingerprint density at radius 3 is 2.75 bits per heavy atom. The third-order valence-electron chi connectivity index (χ3n) is 5.09. The highest BCUT2D eigenvalue weighted by Gasteiger charge is 2.27. The monoisotopic (exact) mass is 328 g/mol. The first kappa shape index (κ1) is 15.6. The summed E-state index contributed by atoms with van der Waals surface area (Å²) in [5, 5.41) is 17.2. The number of anilines is 1. The summed E-state index contributed by atoms with van der Waals surface area (Å²) in [7, 11) is 0. The quantitative estimate of drug-likeness (QED) is 0.877. The standard InChI is InChI=1S/C18H24N4O2/c1-11-15(10-12-2-3-12)17(24-22-11)16-8-9-19-18(21-16)20-13-4-6-14(23)7-5-13/h8-9,12-14,23H,2-7,10H2,1H3,(H,19,20,21). The van der Waals surface area contributed by atoms with E-state index in [0.29, 0.717) is 12.0 Å². The molecule has 0 saturated heterocycles. The maximum Gasteiger partial charge on any atom is 0.223 e. The number of hydrogen-bond acceptors (Lipinski definition) is 6. The Morgan fingerprint density at radius 2 is 2.00 bits per heavy atom. The van der Waals surface area contributed by atoms with Gasteiger partial charge in [0.1, 0.15) is 5.69 Å². The van der Waals surface area contributed by atoms with Crippen LogP contribution in [-0.2, 0) is 6.42 Å². The maximum atomic E-state index is 9.62. The highest BCUT2D eigenvalue weighted by molar-refractivity contribution is 5.59. The molecular formula is C18H24N4O2. The fourth-order valence-electron chi connectivity index (χ4n) is 3.40. The number of hydrogen-bond donors (Lipinski definition) is 2. The van der Waals surface area contributed by atoms with Crippen molar-refractivity contribution in [2.75, 3.05) is 5.32 Å². The van der Waals surface area contributed by atoms with Crippen LogP contribution in [0.2, 0.25) is 0 Å². The van der Waals surface area contributed by atoms with E-state index in [1.54, 1.807) is 6.20 Å². The zero-order chi connectivity index (χ0) is 16.5. The zero-order valence-corrected chi connectivity index (χ0v) is 14.0. The fourth-order valence-corrected chi connectivity index (χ4v) is 3.40. The van der Waals surface area contributed by atoms with Crippen molar-refractivity contribution in [1.82, 2.24) is 15.1 Å². The second-order valence-corrected chi connectivity index (χ2v) is 7.14. The van der Waals surface area contributed by atoms with Gasteiger partial charge in [0, 0.05) is 17.8 Å². The first-order valence-corrected chi connectivity index (χ1v) is 8.92. The van der Waals surface area contributed by atoms with Crippen LogP contribution in [0, 0.1) is 12.8 Å². The molecule has 128 valence electrons. The van der Waals surface area contributed by atoms with Crippen LogP contribution in [-0.4, -0.2) is 32.4 Å². The third-order valence-corrected chi connectivity index (χ3v) is 5.09. The first-order chi connectivity index (χ1) is 11.7. The van der Waals surface area contributed by atoms with Crippen molar-refractivity contribution in [3.63, 3.8) is 0 Å². The Hall–Kier alpha value is -1.95. The van der Waals surface area contributed by atoms with Crippen molar-refractivity contribution in [2.24, 2.45) is 5.92 Å². The summed E-state index contributed by atoms with van der Waals surface area (Å²) in [5.74, 6) is 2.18. The second-order valence-electron chi connectivity index (χ2n) is 7.14. The summed E-state index contributed by atoms with van der Waals surface area (Å²) in [5.41, 5.74) is 2.94. The molecule has 0 radical (unpaired) electrons. The SMILES string of the molecule is Cc1noc(-c2ccnc(NC3CCC(O)CC3)n2)c1CC1CC1. The minimum absolute atomic E-state index is 0.155. The normalized spacial score (nSPS) is 24.1. The van der Waals surface area contributed by atoms with E-state index in [0.717, 1.165) is 55.2 Å². The van der Waals surface area contributed by atoms with Gasteiger partial charge in [-0.05, 0) is 63.9 Å². The summed E-state index contributed by atoms with van der Waals surface area (Å²) in [6.07, 6.45) is 8.81. The molecule has 0 amide bonds. The molecular weight excluding hydrogens is 304 g/mol. The largest absolute Gasteiger partial charge is 0.393 e. The Balaban J connectivity index is 1.52. The van der Waals surface area contributed by atoms with Crippen molar-refractivity contribution in [1.29, 1.82) is 0 Å². The molecule has 4 rings (SSSR count). The lowest BCUT2D eigenvalue weighted by Crippen LogP contribution is -2.28. The van der Waals surface area contributed by atoms with Gasteiger partial charge in [0.05, 0.1) is 11.8 Å². The second kappa shape index (κ2) is 6.51. The molecule has 2 N–H and O–H groups in total. The van der Waals surface area contributed by atoms with E-state index in [-0.39, 0.29) is 6.10 Å². The third kappa shape index (κ3) is 3.43. The van der Waals surface area contributed by atoms with E-state index in [1.165, 1.54) is 18.4 Å². The molecule has 2 fully saturated rings. The summed E-state index contributed by atoms with van der Waals surface area (Å²) in [4.78, 5) is 8.98. The van der Waals surface area contributed by atoms with Crippen LogP contribution in [0.5, 0.6) is 0 Å². The van der Waals surface area contributed by atoms with Gasteiger partial charge in [0.15, 0.2) is 5.76 Å². The zero-order valence-electron chi connectivity index (χ0n) is 14.0. The fraction of sp³-hybridized carbons (Fsp3) is 0.611. The van der Waals surface area contributed by atoms with Crippen molar-refractivity contribution in [3.8, 4) is 11.5 Å². The average Bonchev–Trinajstić information content (AvgIpc) is 3.33. The van der Waals surface area contributed by atoms with Crippen LogP contribution in [0.4, 0.5) is 5.95 Å². The smallest absolute Gasteiger partial charge is 0.223 e. The van der Waals surface area contributed by atoms with Crippen molar-refractivity contribution in [3.05, 3.63) is 23.5 Å². The molecule has 0 unspecified atom stereocenters. The van der Waals surface area contributed by atoms with E-state index in [2.05, 4.69) is 20.4 Å². The molecule has 0 spiro atoms. The molecule has 0 aliphatic heterocycles. The number of rotatable bonds is 5. The summed E-state index contributed by atoms with van der Waals surface area (Å²) >= 11 is 0. The first-order valence-electron chi connectivity index (χ1n) is 8.92. The molecule has 2 aromatic rings. The van der Waals surface area contributed by atoms with Crippen molar-refractivity contribution < 1.29 is 9.63 Å². The Bertz CT molecular complexity index is 703. The highest BCUT2D eigenvalue weighted by atomic mass is 16.5. The molecule has 0 atom stereocenters. The van der Waals surface area contributed by atoms with Gasteiger partial charge in [-0.1, -0.05) is 5.16 Å². The number of aliphatic hydroxyl groups is 1. The number of aromatic nitrogens is 3. The molecule has 2 aliphatic rings. The van der Waals surface area contributed by atoms with E-state index in [9.17, 15) is 5.11 Å². The lowest BCUT2D eigenvalue weighted by molar-refractivity contribution is 0.126. The predicted molar refractivity (Wildman–Crippen MR) is 90.6 cm³/mol. The number of nitrogens with zero attached hydrogens (tertiary/aromatic N) is 3. The lowest BCUT2D eigenvalue weighted by Gasteiger charge is -2.26. The predicted octanol–water partition coefficient (Wildman–Crippen LogP) is 3.11. The number of aliphatic hydroxyl groups excluding tert-OH is 1. The van der Waals surface area contributed by atoms with Crippen LogP contribution in [0.1, 0.15) is 49.8 Å². The Kier molecular flexibility index (Phi) is 4.22. The molecule has 0 bridgehead atoms. The average molecular weight is 328 g/mol. The maximum absolute atomic E-state index is 9.62.